The first-order valence-electron chi connectivity index (χ1n) is 7.24. The van der Waals surface area contributed by atoms with Crippen molar-refractivity contribution in [2.45, 2.75) is 13.0 Å². The summed E-state index contributed by atoms with van der Waals surface area (Å²) in [4.78, 5) is 13.9. The summed E-state index contributed by atoms with van der Waals surface area (Å²) in [5.74, 6) is 0.315. The molecule has 1 atom stereocenters. The number of likely N-dealkylation sites (N-methyl/N-ethyl adjacent to an activating group) is 1. The molecule has 0 aromatic heterocycles. The van der Waals surface area contributed by atoms with E-state index in [4.69, 9.17) is 4.74 Å². The summed E-state index contributed by atoms with van der Waals surface area (Å²) >= 11 is 0. The van der Waals surface area contributed by atoms with E-state index in [1.165, 1.54) is 11.4 Å². The summed E-state index contributed by atoms with van der Waals surface area (Å²) in [5, 5.41) is 2.79. The third-order valence-electron chi connectivity index (χ3n) is 3.24. The Labute approximate surface area is 138 Å². The van der Waals surface area contributed by atoms with E-state index in [-0.39, 0.29) is 5.91 Å². The molecule has 23 heavy (non-hydrogen) atoms. The Hall–Kier alpha value is -1.80. The van der Waals surface area contributed by atoms with Crippen LogP contribution in [0.3, 0.4) is 0 Å². The van der Waals surface area contributed by atoms with Crippen molar-refractivity contribution in [1.82, 2.24) is 10.2 Å². The Kier molecular flexibility index (Phi) is 6.83. The predicted molar refractivity (Wildman–Crippen MR) is 91.3 cm³/mol. The standard InChI is InChI=1S/C15H25N3O4S/c1-12(15(19)16-10-11-17(2)3)22-14-8-6-13(7-9-14)18(4)23(5,20)21/h6-9,12H,10-11H2,1-5H3,(H,16,19)/t12-/m0/s1. The van der Waals surface area contributed by atoms with Crippen molar-refractivity contribution >= 4 is 21.6 Å². The van der Waals surface area contributed by atoms with Gasteiger partial charge >= 0.3 is 0 Å². The molecular formula is C15H25N3O4S. The lowest BCUT2D eigenvalue weighted by molar-refractivity contribution is -0.127. The lowest BCUT2D eigenvalue weighted by atomic mass is 10.3. The number of hydrogen-bond acceptors (Lipinski definition) is 5. The Balaban J connectivity index is 2.59. The highest BCUT2D eigenvalue weighted by Gasteiger charge is 2.15. The minimum absolute atomic E-state index is 0.191. The number of hydrogen-bond donors (Lipinski definition) is 1. The van der Waals surface area contributed by atoms with Gasteiger partial charge in [0.2, 0.25) is 10.0 Å². The van der Waals surface area contributed by atoms with Crippen molar-refractivity contribution in [1.29, 1.82) is 0 Å². The normalized spacial score (nSPS) is 12.8. The fourth-order valence-electron chi connectivity index (χ4n) is 1.73. The van der Waals surface area contributed by atoms with Crippen molar-refractivity contribution in [3.8, 4) is 5.75 Å². The van der Waals surface area contributed by atoms with Gasteiger partial charge in [0, 0.05) is 20.1 Å². The lowest BCUT2D eigenvalue weighted by Crippen LogP contribution is -2.39. The van der Waals surface area contributed by atoms with Gasteiger partial charge in [-0.1, -0.05) is 0 Å². The molecule has 1 amide bonds. The van der Waals surface area contributed by atoms with E-state index in [9.17, 15) is 13.2 Å². The molecule has 0 fully saturated rings. The number of amides is 1. The van der Waals surface area contributed by atoms with E-state index in [1.54, 1.807) is 31.2 Å². The molecule has 1 aromatic carbocycles. The zero-order valence-electron chi connectivity index (χ0n) is 14.2. The molecule has 8 heteroatoms. The van der Waals surface area contributed by atoms with Gasteiger partial charge in [0.15, 0.2) is 6.10 Å². The number of rotatable bonds is 8. The quantitative estimate of drug-likeness (QED) is 0.745. The van der Waals surface area contributed by atoms with Crippen molar-refractivity contribution in [2.24, 2.45) is 0 Å². The van der Waals surface area contributed by atoms with E-state index in [0.717, 1.165) is 12.8 Å². The molecule has 0 saturated carbocycles. The van der Waals surface area contributed by atoms with Gasteiger partial charge in [0.25, 0.3) is 5.91 Å². The maximum absolute atomic E-state index is 11.9. The Bertz CT molecular complexity index is 614. The highest BCUT2D eigenvalue weighted by Crippen LogP contribution is 2.20. The zero-order chi connectivity index (χ0) is 17.6. The number of nitrogens with one attached hydrogen (secondary N) is 1. The molecule has 0 bridgehead atoms. The summed E-state index contributed by atoms with van der Waals surface area (Å²) < 4.78 is 29.7. The van der Waals surface area contributed by atoms with E-state index >= 15 is 0 Å². The van der Waals surface area contributed by atoms with Gasteiger partial charge in [0.05, 0.1) is 11.9 Å². The van der Waals surface area contributed by atoms with Crippen LogP contribution in [-0.4, -0.2) is 65.8 Å². The van der Waals surface area contributed by atoms with Crippen LogP contribution in [0.1, 0.15) is 6.92 Å². The van der Waals surface area contributed by atoms with E-state index in [0.29, 0.717) is 18.0 Å². The van der Waals surface area contributed by atoms with Gasteiger partial charge in [-0.05, 0) is 45.3 Å². The first kappa shape index (κ1) is 19.2. The van der Waals surface area contributed by atoms with Crippen LogP contribution in [0.4, 0.5) is 5.69 Å². The monoisotopic (exact) mass is 343 g/mol. The van der Waals surface area contributed by atoms with Crippen LogP contribution >= 0.6 is 0 Å². The van der Waals surface area contributed by atoms with Crippen LogP contribution in [0.2, 0.25) is 0 Å². The van der Waals surface area contributed by atoms with E-state index in [2.05, 4.69) is 5.32 Å². The zero-order valence-corrected chi connectivity index (χ0v) is 15.1. The average Bonchev–Trinajstić information content (AvgIpc) is 2.45. The second-order valence-corrected chi connectivity index (χ2v) is 7.59. The van der Waals surface area contributed by atoms with Gasteiger partial charge in [-0.2, -0.15) is 0 Å². The smallest absolute Gasteiger partial charge is 0.260 e. The van der Waals surface area contributed by atoms with Crippen LogP contribution < -0.4 is 14.4 Å². The molecule has 130 valence electrons. The number of anilines is 1. The molecule has 1 aromatic rings. The maximum atomic E-state index is 11.9. The Morgan fingerprint density at radius 1 is 1.22 bits per heavy atom. The van der Waals surface area contributed by atoms with Crippen molar-refractivity contribution in [2.75, 3.05) is 44.8 Å². The van der Waals surface area contributed by atoms with Crippen LogP contribution in [0.25, 0.3) is 0 Å². The fourth-order valence-corrected chi connectivity index (χ4v) is 2.23. The van der Waals surface area contributed by atoms with Gasteiger partial charge in [0.1, 0.15) is 5.75 Å². The summed E-state index contributed by atoms with van der Waals surface area (Å²) in [6, 6.07) is 6.54. The van der Waals surface area contributed by atoms with Gasteiger partial charge in [-0.25, -0.2) is 8.42 Å². The molecule has 0 unspecified atom stereocenters. The fraction of sp³-hybridized carbons (Fsp3) is 0.533. The topological polar surface area (TPSA) is 78.9 Å². The van der Waals surface area contributed by atoms with Gasteiger partial charge in [-0.15, -0.1) is 0 Å². The molecular weight excluding hydrogens is 318 g/mol. The second kappa shape index (κ2) is 8.16. The Morgan fingerprint density at radius 2 is 1.78 bits per heavy atom. The molecule has 1 N–H and O–H groups in total. The highest BCUT2D eigenvalue weighted by molar-refractivity contribution is 7.92. The third-order valence-corrected chi connectivity index (χ3v) is 4.44. The number of carbonyl (C=O) groups is 1. The largest absolute Gasteiger partial charge is 0.481 e. The minimum Gasteiger partial charge on any atom is -0.481 e. The number of nitrogens with zero attached hydrogens (tertiary/aromatic N) is 2. The SMILES string of the molecule is C[C@H](Oc1ccc(N(C)S(C)(=O)=O)cc1)C(=O)NCCN(C)C. The Morgan fingerprint density at radius 3 is 2.26 bits per heavy atom. The summed E-state index contributed by atoms with van der Waals surface area (Å²) in [6.45, 7) is 2.98. The summed E-state index contributed by atoms with van der Waals surface area (Å²) in [6.07, 6.45) is 0.507. The molecule has 0 radical (unpaired) electrons. The van der Waals surface area contributed by atoms with Crippen molar-refractivity contribution < 1.29 is 17.9 Å². The maximum Gasteiger partial charge on any atom is 0.260 e. The molecule has 0 saturated heterocycles. The molecule has 0 heterocycles. The number of ether oxygens (including phenoxy) is 1. The molecule has 0 spiro atoms. The van der Waals surface area contributed by atoms with Crippen LogP contribution in [0.15, 0.2) is 24.3 Å². The molecule has 0 aliphatic rings. The second-order valence-electron chi connectivity index (χ2n) is 5.58. The number of benzene rings is 1. The van der Waals surface area contributed by atoms with Crippen molar-refractivity contribution in [3.63, 3.8) is 0 Å². The third kappa shape index (κ3) is 6.45. The minimum atomic E-state index is -3.30. The van der Waals surface area contributed by atoms with Crippen LogP contribution in [-0.2, 0) is 14.8 Å². The van der Waals surface area contributed by atoms with Gasteiger partial charge < -0.3 is 15.0 Å². The van der Waals surface area contributed by atoms with Crippen LogP contribution in [0, 0.1) is 0 Å². The summed E-state index contributed by atoms with van der Waals surface area (Å²) in [5.41, 5.74) is 0.530. The predicted octanol–water partition coefficient (Wildman–Crippen LogP) is 0.528. The number of sulfonamides is 1. The van der Waals surface area contributed by atoms with Crippen LogP contribution in [0.5, 0.6) is 5.75 Å². The average molecular weight is 343 g/mol. The molecule has 1 rings (SSSR count). The lowest BCUT2D eigenvalue weighted by Gasteiger charge is -2.18. The van der Waals surface area contributed by atoms with E-state index in [1.807, 2.05) is 19.0 Å². The summed E-state index contributed by atoms with van der Waals surface area (Å²) in [7, 11) is 2.04. The first-order valence-corrected chi connectivity index (χ1v) is 9.09. The number of carbonyl (C=O) groups excluding carboxylic acids is 1. The van der Waals surface area contributed by atoms with Gasteiger partial charge in [-0.3, -0.25) is 9.10 Å². The molecule has 0 aliphatic heterocycles. The highest BCUT2D eigenvalue weighted by atomic mass is 32.2. The van der Waals surface area contributed by atoms with E-state index < -0.39 is 16.1 Å². The molecule has 0 aliphatic carbocycles. The molecule has 7 nitrogen and oxygen atoms in total. The van der Waals surface area contributed by atoms with Crippen molar-refractivity contribution in [3.05, 3.63) is 24.3 Å². The first-order chi connectivity index (χ1) is 10.6.